The maximum atomic E-state index is 5.17. The Balaban J connectivity index is 1.90. The molecule has 3 aromatic rings. The van der Waals surface area contributed by atoms with Crippen LogP contribution < -0.4 is 10.1 Å². The van der Waals surface area contributed by atoms with Gasteiger partial charge in [0.2, 0.25) is 0 Å². The molecule has 2 heterocycles. The van der Waals surface area contributed by atoms with Crippen LogP contribution in [0.2, 0.25) is 0 Å². The second kappa shape index (κ2) is 5.25. The van der Waals surface area contributed by atoms with Gasteiger partial charge in [0.05, 0.1) is 18.8 Å². The van der Waals surface area contributed by atoms with E-state index in [1.165, 1.54) is 5.56 Å². The number of nitrogens with one attached hydrogen (secondary N) is 1. The van der Waals surface area contributed by atoms with Gasteiger partial charge in [-0.05, 0) is 29.8 Å². The van der Waals surface area contributed by atoms with Crippen LogP contribution in [0.5, 0.6) is 5.75 Å². The van der Waals surface area contributed by atoms with Gasteiger partial charge in [-0.3, -0.25) is 0 Å². The molecule has 0 atom stereocenters. The van der Waals surface area contributed by atoms with Crippen molar-refractivity contribution in [3.63, 3.8) is 0 Å². The van der Waals surface area contributed by atoms with E-state index in [1.807, 2.05) is 37.6 Å². The van der Waals surface area contributed by atoms with E-state index in [2.05, 4.69) is 32.9 Å². The molecule has 0 amide bonds. The van der Waals surface area contributed by atoms with Crippen molar-refractivity contribution in [2.45, 2.75) is 6.42 Å². The average Bonchev–Trinajstić information content (AvgIpc) is 2.90. The highest BCUT2D eigenvalue weighted by Crippen LogP contribution is 2.17. The van der Waals surface area contributed by atoms with Crippen molar-refractivity contribution in [3.8, 4) is 5.75 Å². The molecule has 0 spiro atoms. The molecule has 0 bridgehead atoms. The molecule has 4 nitrogen and oxygen atoms in total. The van der Waals surface area contributed by atoms with Crippen LogP contribution in [-0.4, -0.2) is 23.5 Å². The van der Waals surface area contributed by atoms with Gasteiger partial charge in [0.1, 0.15) is 11.6 Å². The first-order valence-corrected chi connectivity index (χ1v) is 6.57. The Morgan fingerprint density at radius 1 is 1.20 bits per heavy atom. The lowest BCUT2D eigenvalue weighted by atomic mass is 10.1. The third kappa shape index (κ3) is 2.32. The Hall–Kier alpha value is -2.49. The number of pyridine rings is 1. The molecule has 1 aromatic carbocycles. The molecule has 0 saturated heterocycles. The maximum absolute atomic E-state index is 5.17. The smallest absolute Gasteiger partial charge is 0.118 e. The molecular weight excluding hydrogens is 250 g/mol. The summed E-state index contributed by atoms with van der Waals surface area (Å²) in [6.45, 7) is 0. The van der Waals surface area contributed by atoms with Crippen molar-refractivity contribution < 1.29 is 4.74 Å². The van der Waals surface area contributed by atoms with E-state index < -0.39 is 0 Å². The molecule has 102 valence electrons. The van der Waals surface area contributed by atoms with Crippen molar-refractivity contribution in [3.05, 3.63) is 60.2 Å². The first-order chi connectivity index (χ1) is 9.80. The highest BCUT2D eigenvalue weighted by atomic mass is 16.5. The fraction of sp³-hybridized carbons (Fsp3) is 0.188. The van der Waals surface area contributed by atoms with Crippen LogP contribution in [0.25, 0.3) is 5.52 Å². The molecule has 0 fully saturated rings. The molecule has 2 aromatic heterocycles. The number of rotatable bonds is 4. The number of aromatic nitrogens is 2. The van der Waals surface area contributed by atoms with Gasteiger partial charge < -0.3 is 14.5 Å². The Morgan fingerprint density at radius 2 is 2.00 bits per heavy atom. The summed E-state index contributed by atoms with van der Waals surface area (Å²) in [5.41, 5.74) is 3.41. The predicted molar refractivity (Wildman–Crippen MR) is 80.5 cm³/mol. The topological polar surface area (TPSA) is 38.6 Å². The van der Waals surface area contributed by atoms with Crippen LogP contribution in [0.4, 0.5) is 5.69 Å². The molecule has 1 N–H and O–H groups in total. The first-order valence-electron chi connectivity index (χ1n) is 6.57. The normalized spacial score (nSPS) is 10.7. The number of imidazole rings is 1. The molecule has 0 aliphatic carbocycles. The Kier molecular flexibility index (Phi) is 3.29. The summed E-state index contributed by atoms with van der Waals surface area (Å²) < 4.78 is 7.29. The van der Waals surface area contributed by atoms with Crippen molar-refractivity contribution in [1.82, 2.24) is 9.38 Å². The number of benzene rings is 1. The summed E-state index contributed by atoms with van der Waals surface area (Å²) in [5, 5.41) is 3.14. The largest absolute Gasteiger partial charge is 0.497 e. The fourth-order valence-corrected chi connectivity index (χ4v) is 2.27. The van der Waals surface area contributed by atoms with Crippen LogP contribution in [-0.2, 0) is 6.42 Å². The van der Waals surface area contributed by atoms with E-state index in [-0.39, 0.29) is 0 Å². The van der Waals surface area contributed by atoms with Gasteiger partial charge in [-0.15, -0.1) is 0 Å². The van der Waals surface area contributed by atoms with E-state index in [0.717, 1.165) is 29.2 Å². The third-order valence-electron chi connectivity index (χ3n) is 3.42. The number of anilines is 1. The fourth-order valence-electron chi connectivity index (χ4n) is 2.27. The van der Waals surface area contributed by atoms with Crippen molar-refractivity contribution >= 4 is 11.2 Å². The second-order valence-corrected chi connectivity index (χ2v) is 4.66. The summed E-state index contributed by atoms with van der Waals surface area (Å²) in [6.07, 6.45) is 4.75. The Morgan fingerprint density at radius 3 is 2.70 bits per heavy atom. The summed E-state index contributed by atoms with van der Waals surface area (Å²) >= 11 is 0. The molecule has 4 heteroatoms. The van der Waals surface area contributed by atoms with Crippen LogP contribution in [0.1, 0.15) is 11.4 Å². The third-order valence-corrected chi connectivity index (χ3v) is 3.42. The zero-order valence-corrected chi connectivity index (χ0v) is 11.6. The summed E-state index contributed by atoms with van der Waals surface area (Å²) in [5.74, 6) is 1.91. The van der Waals surface area contributed by atoms with E-state index >= 15 is 0 Å². The maximum Gasteiger partial charge on any atom is 0.118 e. The summed E-state index contributed by atoms with van der Waals surface area (Å²) in [7, 11) is 3.59. The zero-order valence-electron chi connectivity index (χ0n) is 11.6. The molecule has 0 aliphatic heterocycles. The standard InChI is InChI=1S/C16H17N3O/c1-17-13-7-8-19-14(10-13)11-18-16(19)9-12-3-5-15(20-2)6-4-12/h3-8,10-11,17H,9H2,1-2H3. The number of hydrogen-bond donors (Lipinski definition) is 1. The summed E-state index contributed by atoms with van der Waals surface area (Å²) in [6, 6.07) is 12.2. The SMILES string of the molecule is CNc1ccn2c(Cc3ccc(OC)cc3)ncc2c1. The van der Waals surface area contributed by atoms with Gasteiger partial charge in [0.15, 0.2) is 0 Å². The molecular formula is C16H17N3O. The van der Waals surface area contributed by atoms with Crippen LogP contribution in [0.3, 0.4) is 0 Å². The molecule has 0 radical (unpaired) electrons. The van der Waals surface area contributed by atoms with Gasteiger partial charge in [-0.2, -0.15) is 0 Å². The minimum atomic E-state index is 0.803. The first kappa shape index (κ1) is 12.5. The quantitative estimate of drug-likeness (QED) is 0.789. The number of fused-ring (bicyclic) bond motifs is 1. The van der Waals surface area contributed by atoms with E-state index in [4.69, 9.17) is 4.74 Å². The molecule has 3 rings (SSSR count). The van der Waals surface area contributed by atoms with Crippen molar-refractivity contribution in [2.24, 2.45) is 0 Å². The Bertz CT molecular complexity index is 716. The van der Waals surface area contributed by atoms with Crippen LogP contribution in [0.15, 0.2) is 48.8 Å². The summed E-state index contributed by atoms with van der Waals surface area (Å²) in [4.78, 5) is 4.51. The number of hydrogen-bond acceptors (Lipinski definition) is 3. The van der Waals surface area contributed by atoms with Crippen molar-refractivity contribution in [1.29, 1.82) is 0 Å². The van der Waals surface area contributed by atoms with Crippen LogP contribution >= 0.6 is 0 Å². The monoisotopic (exact) mass is 267 g/mol. The number of methoxy groups -OCH3 is 1. The van der Waals surface area contributed by atoms with E-state index in [1.54, 1.807) is 7.11 Å². The van der Waals surface area contributed by atoms with E-state index in [0.29, 0.717) is 0 Å². The van der Waals surface area contributed by atoms with Gasteiger partial charge in [-0.1, -0.05) is 12.1 Å². The highest BCUT2D eigenvalue weighted by molar-refractivity contribution is 5.58. The predicted octanol–water partition coefficient (Wildman–Crippen LogP) is 2.98. The molecule has 0 saturated carbocycles. The van der Waals surface area contributed by atoms with Gasteiger partial charge in [0, 0.05) is 25.4 Å². The Labute approximate surface area is 118 Å². The molecule has 0 unspecified atom stereocenters. The number of nitrogens with zero attached hydrogens (tertiary/aromatic N) is 2. The number of ether oxygens (including phenoxy) is 1. The van der Waals surface area contributed by atoms with Crippen LogP contribution in [0, 0.1) is 0 Å². The highest BCUT2D eigenvalue weighted by Gasteiger charge is 2.05. The zero-order chi connectivity index (χ0) is 13.9. The lowest BCUT2D eigenvalue weighted by molar-refractivity contribution is 0.414. The lowest BCUT2D eigenvalue weighted by Gasteiger charge is -2.05. The van der Waals surface area contributed by atoms with Gasteiger partial charge >= 0.3 is 0 Å². The minimum absolute atomic E-state index is 0.803. The molecule has 0 aliphatic rings. The van der Waals surface area contributed by atoms with Crippen molar-refractivity contribution in [2.75, 3.05) is 19.5 Å². The van der Waals surface area contributed by atoms with Gasteiger partial charge in [0.25, 0.3) is 0 Å². The minimum Gasteiger partial charge on any atom is -0.497 e. The average molecular weight is 267 g/mol. The van der Waals surface area contributed by atoms with Gasteiger partial charge in [-0.25, -0.2) is 4.98 Å². The second-order valence-electron chi connectivity index (χ2n) is 4.66. The lowest BCUT2D eigenvalue weighted by Crippen LogP contribution is -1.97. The molecule has 20 heavy (non-hydrogen) atoms. The van der Waals surface area contributed by atoms with E-state index in [9.17, 15) is 0 Å².